The van der Waals surface area contributed by atoms with Crippen molar-refractivity contribution in [1.29, 1.82) is 0 Å². The van der Waals surface area contributed by atoms with Crippen molar-refractivity contribution in [2.45, 2.75) is 46.1 Å². The zero-order valence-electron chi connectivity index (χ0n) is 11.2. The normalized spacial score (nSPS) is 12.0. The summed E-state index contributed by atoms with van der Waals surface area (Å²) in [6, 6.07) is 0.0951. The van der Waals surface area contributed by atoms with Crippen molar-refractivity contribution in [3.63, 3.8) is 0 Å². The predicted molar refractivity (Wildman–Crippen MR) is 68.4 cm³/mol. The van der Waals surface area contributed by atoms with E-state index < -0.39 is 11.8 Å². The van der Waals surface area contributed by atoms with Gasteiger partial charge in [-0.15, -0.1) is 0 Å². The fourth-order valence-corrected chi connectivity index (χ4v) is 1.46. The van der Waals surface area contributed by atoms with Crippen LogP contribution in [-0.4, -0.2) is 42.4 Å². The molecule has 0 heterocycles. The van der Waals surface area contributed by atoms with Gasteiger partial charge in [0.2, 0.25) is 0 Å². The maximum atomic E-state index is 11.9. The Bertz CT molecular complexity index is 244. The Morgan fingerprint density at radius 2 is 2.00 bits per heavy atom. The minimum atomic E-state index is -0.549. The Balaban J connectivity index is 4.45. The predicted octanol–water partition coefficient (Wildman–Crippen LogP) is 0.489. The van der Waals surface area contributed by atoms with Gasteiger partial charge in [0, 0.05) is 25.7 Å². The lowest BCUT2D eigenvalue weighted by molar-refractivity contribution is -0.147. The van der Waals surface area contributed by atoms with Gasteiger partial charge in [-0.2, -0.15) is 0 Å². The Morgan fingerprint density at radius 3 is 2.47 bits per heavy atom. The quantitative estimate of drug-likeness (QED) is 0.639. The summed E-state index contributed by atoms with van der Waals surface area (Å²) in [5.74, 6) is -0.992. The highest BCUT2D eigenvalue weighted by atomic mass is 16.2. The number of rotatable bonds is 7. The van der Waals surface area contributed by atoms with E-state index in [1.165, 1.54) is 0 Å². The molecule has 0 fully saturated rings. The van der Waals surface area contributed by atoms with E-state index in [-0.39, 0.29) is 6.04 Å². The maximum absolute atomic E-state index is 11.9. The molecule has 0 bridgehead atoms. The Hall–Kier alpha value is -1.10. The van der Waals surface area contributed by atoms with Crippen LogP contribution >= 0.6 is 0 Å². The number of nitrogens with two attached hydrogens (primary N) is 1. The number of unbranched alkanes of at least 4 members (excludes halogenated alkanes) is 1. The molecule has 3 N–H and O–H groups in total. The molecule has 5 nitrogen and oxygen atoms in total. The van der Waals surface area contributed by atoms with Crippen LogP contribution in [0.15, 0.2) is 0 Å². The second-order valence-electron chi connectivity index (χ2n) is 4.15. The van der Waals surface area contributed by atoms with E-state index in [0.29, 0.717) is 19.6 Å². The summed E-state index contributed by atoms with van der Waals surface area (Å²) in [5.41, 5.74) is 5.28. The van der Waals surface area contributed by atoms with Gasteiger partial charge in [-0.1, -0.05) is 20.3 Å². The SMILES string of the molecule is CCCCN(C(=O)C(=O)NCCN)C(C)CC. The molecule has 2 amide bonds. The van der Waals surface area contributed by atoms with Crippen molar-refractivity contribution in [3.05, 3.63) is 0 Å². The molecule has 0 spiro atoms. The standard InChI is InChI=1S/C12H25N3O2/c1-4-6-9-15(10(3)5-2)12(17)11(16)14-8-7-13/h10H,4-9,13H2,1-3H3,(H,14,16). The average Bonchev–Trinajstić information content (AvgIpc) is 2.35. The van der Waals surface area contributed by atoms with Crippen molar-refractivity contribution >= 4 is 11.8 Å². The third-order valence-electron chi connectivity index (χ3n) is 2.76. The summed E-state index contributed by atoms with van der Waals surface area (Å²) in [6.45, 7) is 7.36. The Kier molecular flexibility index (Phi) is 8.40. The van der Waals surface area contributed by atoms with Crippen LogP contribution in [0.25, 0.3) is 0 Å². The van der Waals surface area contributed by atoms with E-state index in [9.17, 15) is 9.59 Å². The molecule has 1 unspecified atom stereocenters. The zero-order valence-corrected chi connectivity index (χ0v) is 11.2. The highest BCUT2D eigenvalue weighted by molar-refractivity contribution is 6.35. The van der Waals surface area contributed by atoms with Crippen LogP contribution in [0.1, 0.15) is 40.0 Å². The van der Waals surface area contributed by atoms with Gasteiger partial charge in [-0.05, 0) is 19.8 Å². The van der Waals surface area contributed by atoms with Crippen LogP contribution in [0.5, 0.6) is 0 Å². The molecular formula is C12H25N3O2. The van der Waals surface area contributed by atoms with Gasteiger partial charge in [0.25, 0.3) is 0 Å². The summed E-state index contributed by atoms with van der Waals surface area (Å²) in [5, 5.41) is 2.51. The smallest absolute Gasteiger partial charge is 0.312 e. The van der Waals surface area contributed by atoms with Gasteiger partial charge in [0.05, 0.1) is 0 Å². The number of nitrogens with zero attached hydrogens (tertiary/aromatic N) is 1. The van der Waals surface area contributed by atoms with Gasteiger partial charge in [0.1, 0.15) is 0 Å². The van der Waals surface area contributed by atoms with Gasteiger partial charge >= 0.3 is 11.8 Å². The van der Waals surface area contributed by atoms with Gasteiger partial charge in [-0.25, -0.2) is 0 Å². The molecule has 1 atom stereocenters. The third-order valence-corrected chi connectivity index (χ3v) is 2.76. The van der Waals surface area contributed by atoms with Crippen molar-refractivity contribution in [2.24, 2.45) is 5.73 Å². The largest absolute Gasteiger partial charge is 0.347 e. The molecule has 17 heavy (non-hydrogen) atoms. The molecule has 0 radical (unpaired) electrons. The minimum Gasteiger partial charge on any atom is -0.347 e. The molecule has 0 aromatic heterocycles. The van der Waals surface area contributed by atoms with Gasteiger partial charge in [0.15, 0.2) is 0 Å². The highest BCUT2D eigenvalue weighted by Crippen LogP contribution is 2.06. The molecule has 0 saturated heterocycles. The lowest BCUT2D eigenvalue weighted by Crippen LogP contribution is -2.48. The average molecular weight is 243 g/mol. The first-order valence-electron chi connectivity index (χ1n) is 6.37. The second kappa shape index (κ2) is 8.98. The van der Waals surface area contributed by atoms with Crippen LogP contribution in [-0.2, 0) is 9.59 Å². The van der Waals surface area contributed by atoms with Gasteiger partial charge < -0.3 is 16.0 Å². The molecule has 0 aliphatic rings. The number of hydrogen-bond donors (Lipinski definition) is 2. The van der Waals surface area contributed by atoms with E-state index in [1.807, 2.05) is 13.8 Å². The minimum absolute atomic E-state index is 0.0951. The number of carbonyl (C=O) groups excluding carboxylic acids is 2. The second-order valence-corrected chi connectivity index (χ2v) is 4.15. The fourth-order valence-electron chi connectivity index (χ4n) is 1.46. The Labute approximate surface area is 104 Å². The third kappa shape index (κ3) is 5.68. The Morgan fingerprint density at radius 1 is 1.35 bits per heavy atom. The number of nitrogens with one attached hydrogen (secondary N) is 1. The number of amides is 2. The molecule has 100 valence electrons. The molecule has 0 rings (SSSR count). The molecule has 0 aromatic carbocycles. The van der Waals surface area contributed by atoms with Crippen molar-refractivity contribution < 1.29 is 9.59 Å². The summed E-state index contributed by atoms with van der Waals surface area (Å²) in [4.78, 5) is 25.1. The van der Waals surface area contributed by atoms with Crippen LogP contribution in [0, 0.1) is 0 Å². The highest BCUT2D eigenvalue weighted by Gasteiger charge is 2.24. The van der Waals surface area contributed by atoms with E-state index in [0.717, 1.165) is 19.3 Å². The molecule has 0 saturated carbocycles. The lowest BCUT2D eigenvalue weighted by Gasteiger charge is -2.27. The van der Waals surface area contributed by atoms with Crippen LogP contribution in [0.2, 0.25) is 0 Å². The van der Waals surface area contributed by atoms with E-state index in [4.69, 9.17) is 5.73 Å². The van der Waals surface area contributed by atoms with Crippen molar-refractivity contribution in [1.82, 2.24) is 10.2 Å². The van der Waals surface area contributed by atoms with E-state index >= 15 is 0 Å². The van der Waals surface area contributed by atoms with Crippen LogP contribution in [0.3, 0.4) is 0 Å². The monoisotopic (exact) mass is 243 g/mol. The summed E-state index contributed by atoms with van der Waals surface area (Å²) in [7, 11) is 0. The van der Waals surface area contributed by atoms with Crippen molar-refractivity contribution in [2.75, 3.05) is 19.6 Å². The number of carbonyl (C=O) groups is 2. The topological polar surface area (TPSA) is 75.4 Å². The zero-order chi connectivity index (χ0) is 13.3. The molecule has 0 aromatic rings. The number of hydrogen-bond acceptors (Lipinski definition) is 3. The molecule has 0 aliphatic carbocycles. The first kappa shape index (κ1) is 15.9. The van der Waals surface area contributed by atoms with Crippen molar-refractivity contribution in [3.8, 4) is 0 Å². The van der Waals surface area contributed by atoms with Crippen LogP contribution < -0.4 is 11.1 Å². The summed E-state index contributed by atoms with van der Waals surface area (Å²) in [6.07, 6.45) is 2.77. The summed E-state index contributed by atoms with van der Waals surface area (Å²) >= 11 is 0. The fraction of sp³-hybridized carbons (Fsp3) is 0.833. The molecule has 5 heteroatoms. The van der Waals surface area contributed by atoms with E-state index in [2.05, 4.69) is 12.2 Å². The molecule has 0 aliphatic heterocycles. The first-order valence-corrected chi connectivity index (χ1v) is 6.37. The summed E-state index contributed by atoms with van der Waals surface area (Å²) < 4.78 is 0. The first-order chi connectivity index (χ1) is 8.08. The van der Waals surface area contributed by atoms with Gasteiger partial charge in [-0.3, -0.25) is 9.59 Å². The maximum Gasteiger partial charge on any atom is 0.312 e. The van der Waals surface area contributed by atoms with Crippen LogP contribution in [0.4, 0.5) is 0 Å². The molecular weight excluding hydrogens is 218 g/mol. The van der Waals surface area contributed by atoms with E-state index in [1.54, 1.807) is 4.90 Å². The lowest BCUT2D eigenvalue weighted by atomic mass is 10.2.